The molecule has 0 saturated carbocycles. The number of benzene rings is 3. The van der Waals surface area contributed by atoms with E-state index in [0.717, 1.165) is 24.2 Å². The van der Waals surface area contributed by atoms with E-state index < -0.39 is 0 Å². The first-order chi connectivity index (χ1) is 9.92. The van der Waals surface area contributed by atoms with Crippen LogP contribution in [0.25, 0.3) is 10.8 Å². The van der Waals surface area contributed by atoms with E-state index in [9.17, 15) is 0 Å². The molecule has 0 atom stereocenters. The summed E-state index contributed by atoms with van der Waals surface area (Å²) in [7, 11) is 0. The minimum atomic E-state index is 0.895. The van der Waals surface area contributed by atoms with Crippen molar-refractivity contribution in [3.8, 4) is 0 Å². The van der Waals surface area contributed by atoms with Crippen LogP contribution in [0.2, 0.25) is 0 Å². The highest BCUT2D eigenvalue weighted by Gasteiger charge is 2.17. The summed E-state index contributed by atoms with van der Waals surface area (Å²) in [4.78, 5) is 0. The van der Waals surface area contributed by atoms with Gasteiger partial charge in [-0.25, -0.2) is 0 Å². The van der Waals surface area contributed by atoms with E-state index in [1.54, 1.807) is 0 Å². The molecule has 0 N–H and O–H groups in total. The Labute approximate surface area is 117 Å². The summed E-state index contributed by atoms with van der Waals surface area (Å²) < 4.78 is 0. The highest BCUT2D eigenvalue weighted by Crippen LogP contribution is 2.37. The molecule has 0 amide bonds. The Balaban J connectivity index is 1.82. The maximum absolute atomic E-state index is 4.46. The van der Waals surface area contributed by atoms with Gasteiger partial charge < -0.3 is 0 Å². The normalized spacial score (nSPS) is 13.4. The van der Waals surface area contributed by atoms with Crippen LogP contribution in [0.15, 0.2) is 70.9 Å². The van der Waals surface area contributed by atoms with Crippen LogP contribution < -0.4 is 0 Å². The summed E-state index contributed by atoms with van der Waals surface area (Å²) in [6, 6.07) is 20.6. The van der Waals surface area contributed by atoms with Gasteiger partial charge >= 0.3 is 0 Å². The van der Waals surface area contributed by atoms with Gasteiger partial charge in [0, 0.05) is 0 Å². The van der Waals surface area contributed by atoms with Crippen molar-refractivity contribution in [3.63, 3.8) is 0 Å². The summed E-state index contributed by atoms with van der Waals surface area (Å²) in [5, 5.41) is 11.5. The fourth-order valence-corrected chi connectivity index (χ4v) is 2.95. The summed E-state index contributed by atoms with van der Waals surface area (Å²) >= 11 is 0. The molecular weight excluding hydrogens is 244 g/mol. The first-order valence-electron chi connectivity index (χ1n) is 6.92. The molecule has 0 spiro atoms. The topological polar surface area (TPSA) is 24.7 Å². The minimum absolute atomic E-state index is 0.895. The quantitative estimate of drug-likeness (QED) is 0.553. The third kappa shape index (κ3) is 1.81. The van der Waals surface area contributed by atoms with Gasteiger partial charge in [0.25, 0.3) is 0 Å². The first-order valence-corrected chi connectivity index (χ1v) is 6.92. The SMILES string of the molecule is c1ccc(N=Nc2ccc3cccc4c3c2CC4)cc1. The summed E-state index contributed by atoms with van der Waals surface area (Å²) in [6.07, 6.45) is 2.18. The lowest BCUT2D eigenvalue weighted by atomic mass is 10.0. The van der Waals surface area contributed by atoms with E-state index in [1.807, 2.05) is 30.3 Å². The van der Waals surface area contributed by atoms with Gasteiger partial charge in [-0.1, -0.05) is 42.5 Å². The third-order valence-corrected chi connectivity index (χ3v) is 3.89. The molecule has 3 aromatic carbocycles. The Hall–Kier alpha value is -2.48. The fourth-order valence-electron chi connectivity index (χ4n) is 2.95. The molecule has 4 rings (SSSR count). The van der Waals surface area contributed by atoms with Gasteiger partial charge in [-0.05, 0) is 52.9 Å². The van der Waals surface area contributed by atoms with Gasteiger partial charge in [0.2, 0.25) is 0 Å². The molecular formula is C18H14N2. The van der Waals surface area contributed by atoms with E-state index in [2.05, 4.69) is 40.6 Å². The molecule has 1 aliphatic rings. The lowest BCUT2D eigenvalue weighted by Gasteiger charge is -2.04. The zero-order chi connectivity index (χ0) is 13.4. The van der Waals surface area contributed by atoms with Crippen LogP contribution in [0.1, 0.15) is 11.1 Å². The third-order valence-electron chi connectivity index (χ3n) is 3.89. The molecule has 0 aliphatic heterocycles. The fraction of sp³-hybridized carbons (Fsp3) is 0.111. The van der Waals surface area contributed by atoms with Crippen molar-refractivity contribution in [2.45, 2.75) is 12.8 Å². The van der Waals surface area contributed by atoms with Crippen LogP contribution in [-0.2, 0) is 12.8 Å². The summed E-state index contributed by atoms with van der Waals surface area (Å²) in [6.45, 7) is 0. The molecule has 2 heteroatoms. The number of hydrogen-bond donors (Lipinski definition) is 0. The average molecular weight is 258 g/mol. The van der Waals surface area contributed by atoms with Crippen molar-refractivity contribution < 1.29 is 0 Å². The smallest absolute Gasteiger partial charge is 0.0895 e. The first kappa shape index (κ1) is 11.4. The second-order valence-corrected chi connectivity index (χ2v) is 5.11. The van der Waals surface area contributed by atoms with Crippen molar-refractivity contribution in [1.29, 1.82) is 0 Å². The lowest BCUT2D eigenvalue weighted by Crippen LogP contribution is -1.80. The predicted molar refractivity (Wildman–Crippen MR) is 82.0 cm³/mol. The van der Waals surface area contributed by atoms with Crippen molar-refractivity contribution in [2.75, 3.05) is 0 Å². The zero-order valence-corrected chi connectivity index (χ0v) is 11.1. The molecule has 0 saturated heterocycles. The van der Waals surface area contributed by atoms with Crippen LogP contribution in [0.3, 0.4) is 0 Å². The Morgan fingerprint density at radius 2 is 1.60 bits per heavy atom. The highest BCUT2D eigenvalue weighted by atomic mass is 15.1. The van der Waals surface area contributed by atoms with Gasteiger partial charge in [-0.3, -0.25) is 0 Å². The minimum Gasteiger partial charge on any atom is -0.151 e. The van der Waals surface area contributed by atoms with E-state index >= 15 is 0 Å². The van der Waals surface area contributed by atoms with Gasteiger partial charge in [0.1, 0.15) is 0 Å². The van der Waals surface area contributed by atoms with Crippen molar-refractivity contribution in [3.05, 3.63) is 71.8 Å². The van der Waals surface area contributed by atoms with Crippen molar-refractivity contribution >= 4 is 22.1 Å². The molecule has 3 aromatic rings. The molecule has 0 fully saturated rings. The van der Waals surface area contributed by atoms with E-state index in [0.29, 0.717) is 0 Å². The Bertz CT molecular complexity index is 804. The second kappa shape index (κ2) is 4.57. The zero-order valence-electron chi connectivity index (χ0n) is 11.1. The molecule has 0 heterocycles. The molecule has 0 bridgehead atoms. The Morgan fingerprint density at radius 1 is 0.700 bits per heavy atom. The Morgan fingerprint density at radius 3 is 2.50 bits per heavy atom. The average Bonchev–Trinajstić information content (AvgIpc) is 2.94. The van der Waals surface area contributed by atoms with Crippen LogP contribution in [-0.4, -0.2) is 0 Å². The lowest BCUT2D eigenvalue weighted by molar-refractivity contribution is 1.02. The van der Waals surface area contributed by atoms with Gasteiger partial charge in [0.05, 0.1) is 11.4 Å². The number of aryl methyl sites for hydroxylation is 2. The number of hydrogen-bond acceptors (Lipinski definition) is 2. The van der Waals surface area contributed by atoms with Crippen LogP contribution in [0, 0.1) is 0 Å². The molecule has 1 aliphatic carbocycles. The van der Waals surface area contributed by atoms with E-state index in [1.165, 1.54) is 21.9 Å². The highest BCUT2D eigenvalue weighted by molar-refractivity contribution is 5.94. The molecule has 96 valence electrons. The van der Waals surface area contributed by atoms with Gasteiger partial charge in [-0.15, -0.1) is 0 Å². The van der Waals surface area contributed by atoms with E-state index in [-0.39, 0.29) is 0 Å². The van der Waals surface area contributed by atoms with Crippen molar-refractivity contribution in [1.82, 2.24) is 0 Å². The predicted octanol–water partition coefficient (Wildman–Crippen LogP) is 5.35. The molecule has 20 heavy (non-hydrogen) atoms. The van der Waals surface area contributed by atoms with Crippen LogP contribution >= 0.6 is 0 Å². The Kier molecular flexibility index (Phi) is 2.59. The molecule has 0 aromatic heterocycles. The molecule has 0 unspecified atom stereocenters. The summed E-state index contributed by atoms with van der Waals surface area (Å²) in [5.74, 6) is 0. The standard InChI is InChI=1S/C18H14N2/c1-2-7-15(8-3-1)19-20-17-12-10-14-6-4-5-13-9-11-16(17)18(13)14/h1-8,10,12H,9,11H2. The maximum Gasteiger partial charge on any atom is 0.0895 e. The van der Waals surface area contributed by atoms with Crippen LogP contribution in [0.4, 0.5) is 11.4 Å². The van der Waals surface area contributed by atoms with Gasteiger partial charge in [-0.2, -0.15) is 10.2 Å². The van der Waals surface area contributed by atoms with Gasteiger partial charge in [0.15, 0.2) is 0 Å². The van der Waals surface area contributed by atoms with Crippen LogP contribution in [0.5, 0.6) is 0 Å². The van der Waals surface area contributed by atoms with Crippen molar-refractivity contribution in [2.24, 2.45) is 10.2 Å². The summed E-state index contributed by atoms with van der Waals surface area (Å²) in [5.41, 5.74) is 4.68. The number of nitrogens with zero attached hydrogens (tertiary/aromatic N) is 2. The number of azo groups is 1. The monoisotopic (exact) mass is 258 g/mol. The molecule has 2 nitrogen and oxygen atoms in total. The molecule has 0 radical (unpaired) electrons. The maximum atomic E-state index is 4.46. The largest absolute Gasteiger partial charge is 0.151 e. The second-order valence-electron chi connectivity index (χ2n) is 5.11. The van der Waals surface area contributed by atoms with E-state index in [4.69, 9.17) is 0 Å². The number of rotatable bonds is 2.